The van der Waals surface area contributed by atoms with Crippen LogP contribution in [0.1, 0.15) is 10.4 Å². The molecule has 0 spiro atoms. The van der Waals surface area contributed by atoms with Crippen molar-refractivity contribution in [1.29, 1.82) is 0 Å². The first-order valence-electron chi connectivity index (χ1n) is 9.18. The SMILES string of the molecule is C=CCn1c(SCC(=O)c2ccccc2)nnc1-c1cc(OC)c(OC)c(OC)c1. The third kappa shape index (κ3) is 4.49. The summed E-state index contributed by atoms with van der Waals surface area (Å²) in [4.78, 5) is 12.5. The first-order chi connectivity index (χ1) is 14.6. The molecule has 0 N–H and O–H groups in total. The molecule has 0 aliphatic heterocycles. The molecule has 0 fully saturated rings. The van der Waals surface area contributed by atoms with Gasteiger partial charge in [0.15, 0.2) is 28.3 Å². The van der Waals surface area contributed by atoms with E-state index in [1.807, 2.05) is 34.9 Å². The van der Waals surface area contributed by atoms with E-state index in [0.717, 1.165) is 5.56 Å². The number of ether oxygens (including phenoxy) is 3. The molecular weight excluding hydrogens is 402 g/mol. The van der Waals surface area contributed by atoms with E-state index in [9.17, 15) is 4.79 Å². The summed E-state index contributed by atoms with van der Waals surface area (Å²) in [5.74, 6) is 2.45. The van der Waals surface area contributed by atoms with Gasteiger partial charge in [-0.05, 0) is 12.1 Å². The monoisotopic (exact) mass is 425 g/mol. The Bertz CT molecular complexity index is 1010. The topological polar surface area (TPSA) is 75.5 Å². The molecule has 1 heterocycles. The third-order valence-corrected chi connectivity index (χ3v) is 5.35. The van der Waals surface area contributed by atoms with E-state index in [2.05, 4.69) is 16.8 Å². The van der Waals surface area contributed by atoms with Gasteiger partial charge in [0.05, 0.1) is 27.1 Å². The zero-order valence-electron chi connectivity index (χ0n) is 17.1. The van der Waals surface area contributed by atoms with Gasteiger partial charge in [-0.3, -0.25) is 9.36 Å². The van der Waals surface area contributed by atoms with Crippen molar-refractivity contribution >= 4 is 17.5 Å². The number of Topliss-reactive ketones (excluding diaryl/α,β-unsaturated/α-hetero) is 1. The molecular formula is C22H23N3O4S. The Kier molecular flexibility index (Phi) is 7.13. The smallest absolute Gasteiger partial charge is 0.203 e. The van der Waals surface area contributed by atoms with E-state index in [1.54, 1.807) is 39.5 Å². The Morgan fingerprint density at radius 1 is 1.07 bits per heavy atom. The number of nitrogens with zero attached hydrogens (tertiary/aromatic N) is 3. The largest absolute Gasteiger partial charge is 0.493 e. The average Bonchev–Trinajstić information content (AvgIpc) is 3.19. The van der Waals surface area contributed by atoms with Crippen LogP contribution in [0.4, 0.5) is 0 Å². The first kappa shape index (κ1) is 21.4. The predicted octanol–water partition coefficient (Wildman–Crippen LogP) is 4.13. The zero-order chi connectivity index (χ0) is 21.5. The minimum atomic E-state index is 0.0306. The summed E-state index contributed by atoms with van der Waals surface area (Å²) < 4.78 is 18.2. The maximum atomic E-state index is 12.5. The highest BCUT2D eigenvalue weighted by molar-refractivity contribution is 7.99. The van der Waals surface area contributed by atoms with Gasteiger partial charge in [-0.15, -0.1) is 16.8 Å². The van der Waals surface area contributed by atoms with Crippen molar-refractivity contribution in [2.45, 2.75) is 11.7 Å². The molecule has 0 atom stereocenters. The van der Waals surface area contributed by atoms with E-state index < -0.39 is 0 Å². The van der Waals surface area contributed by atoms with Crippen LogP contribution in [0.3, 0.4) is 0 Å². The fourth-order valence-electron chi connectivity index (χ4n) is 2.95. The molecule has 0 aliphatic carbocycles. The molecule has 1 aromatic heterocycles. The zero-order valence-corrected chi connectivity index (χ0v) is 17.9. The van der Waals surface area contributed by atoms with E-state index in [0.29, 0.717) is 40.3 Å². The number of benzene rings is 2. The Labute approximate surface area is 179 Å². The number of carbonyl (C=O) groups excluding carboxylic acids is 1. The molecule has 0 bridgehead atoms. The van der Waals surface area contributed by atoms with Crippen LogP contribution >= 0.6 is 11.8 Å². The molecule has 30 heavy (non-hydrogen) atoms. The maximum absolute atomic E-state index is 12.5. The molecule has 0 saturated heterocycles. The van der Waals surface area contributed by atoms with E-state index in [-0.39, 0.29) is 11.5 Å². The summed E-state index contributed by atoms with van der Waals surface area (Å²) in [6, 6.07) is 12.8. The van der Waals surface area contributed by atoms with E-state index >= 15 is 0 Å². The summed E-state index contributed by atoms with van der Waals surface area (Å²) in [5.41, 5.74) is 1.42. The summed E-state index contributed by atoms with van der Waals surface area (Å²) in [6.45, 7) is 4.31. The number of allylic oxidation sites excluding steroid dienone is 1. The lowest BCUT2D eigenvalue weighted by Gasteiger charge is -2.14. The number of hydrogen-bond acceptors (Lipinski definition) is 7. The molecule has 2 aromatic carbocycles. The second-order valence-corrected chi connectivity index (χ2v) is 7.14. The van der Waals surface area contributed by atoms with Crippen molar-refractivity contribution < 1.29 is 19.0 Å². The normalized spacial score (nSPS) is 10.5. The van der Waals surface area contributed by atoms with Crippen LogP contribution in [0.15, 0.2) is 60.3 Å². The lowest BCUT2D eigenvalue weighted by Crippen LogP contribution is -2.05. The third-order valence-electron chi connectivity index (χ3n) is 4.38. The van der Waals surface area contributed by atoms with Gasteiger partial charge in [0.25, 0.3) is 0 Å². The van der Waals surface area contributed by atoms with E-state index in [1.165, 1.54) is 11.8 Å². The first-order valence-corrected chi connectivity index (χ1v) is 10.2. The van der Waals surface area contributed by atoms with E-state index in [4.69, 9.17) is 14.2 Å². The Balaban J connectivity index is 1.93. The molecule has 0 radical (unpaired) electrons. The van der Waals surface area contributed by atoms with Crippen LogP contribution in [0.25, 0.3) is 11.4 Å². The van der Waals surface area contributed by atoms with Crippen LogP contribution in [0, 0.1) is 0 Å². The maximum Gasteiger partial charge on any atom is 0.203 e. The standard InChI is InChI=1S/C22H23N3O4S/c1-5-11-25-21(16-12-18(27-2)20(29-4)19(13-16)28-3)23-24-22(25)30-14-17(26)15-9-7-6-8-10-15/h5-10,12-13H,1,11,14H2,2-4H3. The Morgan fingerprint density at radius 2 is 1.73 bits per heavy atom. The minimum absolute atomic E-state index is 0.0306. The fraction of sp³-hybridized carbons (Fsp3) is 0.227. The molecule has 156 valence electrons. The van der Waals surface area contributed by atoms with Gasteiger partial charge in [0.1, 0.15) is 0 Å². The fourth-order valence-corrected chi connectivity index (χ4v) is 3.79. The predicted molar refractivity (Wildman–Crippen MR) is 117 cm³/mol. The summed E-state index contributed by atoms with van der Waals surface area (Å²) in [7, 11) is 4.68. The molecule has 0 saturated carbocycles. The molecule has 3 rings (SSSR count). The second kappa shape index (κ2) is 9.98. The van der Waals surface area contributed by atoms with Gasteiger partial charge in [0.2, 0.25) is 5.75 Å². The number of methoxy groups -OCH3 is 3. The van der Waals surface area contributed by atoms with Crippen LogP contribution < -0.4 is 14.2 Å². The van der Waals surface area contributed by atoms with Gasteiger partial charge in [-0.25, -0.2) is 0 Å². The van der Waals surface area contributed by atoms with Crippen LogP contribution in [0.2, 0.25) is 0 Å². The second-order valence-electron chi connectivity index (χ2n) is 6.20. The highest BCUT2D eigenvalue weighted by atomic mass is 32.2. The minimum Gasteiger partial charge on any atom is -0.493 e. The molecule has 0 aliphatic rings. The van der Waals surface area contributed by atoms with Crippen molar-refractivity contribution in [3.8, 4) is 28.6 Å². The van der Waals surface area contributed by atoms with Crippen LogP contribution in [0.5, 0.6) is 17.2 Å². The Hall–Kier alpha value is -3.26. The lowest BCUT2D eigenvalue weighted by molar-refractivity contribution is 0.102. The summed E-state index contributed by atoms with van der Waals surface area (Å²) in [6.07, 6.45) is 1.76. The van der Waals surface area contributed by atoms with Crippen molar-refractivity contribution in [1.82, 2.24) is 14.8 Å². The summed E-state index contributed by atoms with van der Waals surface area (Å²) in [5, 5.41) is 9.26. The number of ketones is 1. The number of rotatable bonds is 10. The number of carbonyl (C=O) groups is 1. The highest BCUT2D eigenvalue weighted by Crippen LogP contribution is 2.41. The van der Waals surface area contributed by atoms with Gasteiger partial charge < -0.3 is 14.2 Å². The van der Waals surface area contributed by atoms with Crippen molar-refractivity contribution in [3.63, 3.8) is 0 Å². The van der Waals surface area contributed by atoms with Gasteiger partial charge in [0, 0.05) is 17.7 Å². The summed E-state index contributed by atoms with van der Waals surface area (Å²) >= 11 is 1.34. The number of thioether (sulfide) groups is 1. The molecule has 0 unspecified atom stereocenters. The van der Waals surface area contributed by atoms with Crippen LogP contribution in [-0.2, 0) is 6.54 Å². The Morgan fingerprint density at radius 3 is 2.30 bits per heavy atom. The van der Waals surface area contributed by atoms with Gasteiger partial charge in [-0.1, -0.05) is 48.2 Å². The lowest BCUT2D eigenvalue weighted by atomic mass is 10.1. The van der Waals surface area contributed by atoms with Gasteiger partial charge in [-0.2, -0.15) is 0 Å². The highest BCUT2D eigenvalue weighted by Gasteiger charge is 2.20. The number of aromatic nitrogens is 3. The number of hydrogen-bond donors (Lipinski definition) is 0. The molecule has 8 heteroatoms. The average molecular weight is 426 g/mol. The van der Waals surface area contributed by atoms with Gasteiger partial charge >= 0.3 is 0 Å². The quantitative estimate of drug-likeness (QED) is 0.275. The molecule has 3 aromatic rings. The molecule has 0 amide bonds. The van der Waals surface area contributed by atoms with Crippen molar-refractivity contribution in [2.24, 2.45) is 0 Å². The van der Waals surface area contributed by atoms with Crippen molar-refractivity contribution in [2.75, 3.05) is 27.1 Å². The molecule has 7 nitrogen and oxygen atoms in total. The van der Waals surface area contributed by atoms with Crippen LogP contribution in [-0.4, -0.2) is 47.6 Å². The van der Waals surface area contributed by atoms with Crippen molar-refractivity contribution in [3.05, 3.63) is 60.7 Å².